The summed E-state index contributed by atoms with van der Waals surface area (Å²) in [6.45, 7) is 4.08. The average molecular weight is 193 g/mol. The van der Waals surface area contributed by atoms with Crippen molar-refractivity contribution in [1.29, 1.82) is 5.26 Å². The number of hydrogen-bond acceptors (Lipinski definition) is 3. The number of piperazine rings is 1. The predicted octanol–water partition coefficient (Wildman–Crippen LogP) is 0.110. The first-order valence-electron chi connectivity index (χ1n) is 5.09. The van der Waals surface area contributed by atoms with Crippen molar-refractivity contribution in [1.82, 2.24) is 10.2 Å². The highest BCUT2D eigenvalue weighted by Gasteiger charge is 2.48. The minimum Gasteiger partial charge on any atom is -0.324 e. The highest BCUT2D eigenvalue weighted by molar-refractivity contribution is 5.85. The van der Waals surface area contributed by atoms with Crippen molar-refractivity contribution in [2.24, 2.45) is 5.41 Å². The van der Waals surface area contributed by atoms with Gasteiger partial charge >= 0.3 is 0 Å². The summed E-state index contributed by atoms with van der Waals surface area (Å²) < 4.78 is 0. The second-order valence-corrected chi connectivity index (χ2v) is 4.41. The van der Waals surface area contributed by atoms with Gasteiger partial charge in [-0.05, 0) is 12.8 Å². The van der Waals surface area contributed by atoms with Crippen LogP contribution in [0.3, 0.4) is 0 Å². The van der Waals surface area contributed by atoms with Crippen molar-refractivity contribution in [3.63, 3.8) is 0 Å². The van der Waals surface area contributed by atoms with E-state index < -0.39 is 0 Å². The molecule has 14 heavy (non-hydrogen) atoms. The Bertz CT molecular complexity index is 290. The summed E-state index contributed by atoms with van der Waals surface area (Å²) in [5, 5.41) is 12.0. The van der Waals surface area contributed by atoms with Crippen LogP contribution in [-0.4, -0.2) is 36.5 Å². The topological polar surface area (TPSA) is 56.1 Å². The molecule has 0 bridgehead atoms. The quantitative estimate of drug-likeness (QED) is 0.643. The van der Waals surface area contributed by atoms with E-state index >= 15 is 0 Å². The van der Waals surface area contributed by atoms with Gasteiger partial charge in [0.15, 0.2) is 0 Å². The molecule has 2 rings (SSSR count). The van der Waals surface area contributed by atoms with Crippen molar-refractivity contribution >= 4 is 5.91 Å². The Morgan fingerprint density at radius 1 is 1.64 bits per heavy atom. The summed E-state index contributed by atoms with van der Waals surface area (Å²) in [5.74, 6) is 0.172. The Morgan fingerprint density at radius 2 is 2.36 bits per heavy atom. The van der Waals surface area contributed by atoms with Gasteiger partial charge in [-0.25, -0.2) is 0 Å². The van der Waals surface area contributed by atoms with Crippen LogP contribution in [0.2, 0.25) is 0 Å². The molecule has 0 radical (unpaired) electrons. The Labute approximate surface area is 83.9 Å². The zero-order valence-electron chi connectivity index (χ0n) is 8.42. The third-order valence-electron chi connectivity index (χ3n) is 3.17. The lowest BCUT2D eigenvalue weighted by Gasteiger charge is -2.33. The Balaban J connectivity index is 2.08. The van der Waals surface area contributed by atoms with Gasteiger partial charge in [-0.2, -0.15) is 5.26 Å². The molecule has 0 spiro atoms. The SMILES string of the molecule is CC1(C(=O)N2CCNCC2C#N)CC1. The molecule has 1 unspecified atom stereocenters. The van der Waals surface area contributed by atoms with Crippen LogP contribution in [0.5, 0.6) is 0 Å². The van der Waals surface area contributed by atoms with Gasteiger partial charge in [0.25, 0.3) is 0 Å². The van der Waals surface area contributed by atoms with Gasteiger partial charge in [0.1, 0.15) is 6.04 Å². The minimum absolute atomic E-state index is 0.146. The fourth-order valence-electron chi connectivity index (χ4n) is 1.81. The van der Waals surface area contributed by atoms with Crippen molar-refractivity contribution in [2.45, 2.75) is 25.8 Å². The molecule has 1 heterocycles. The van der Waals surface area contributed by atoms with Gasteiger partial charge in [-0.1, -0.05) is 6.92 Å². The third-order valence-corrected chi connectivity index (χ3v) is 3.17. The van der Waals surface area contributed by atoms with Gasteiger partial charge in [-0.15, -0.1) is 0 Å². The van der Waals surface area contributed by atoms with E-state index in [2.05, 4.69) is 11.4 Å². The maximum Gasteiger partial charge on any atom is 0.229 e. The molecule has 1 amide bonds. The number of carbonyl (C=O) groups is 1. The van der Waals surface area contributed by atoms with Crippen LogP contribution in [0, 0.1) is 16.7 Å². The van der Waals surface area contributed by atoms with Gasteiger partial charge in [-0.3, -0.25) is 4.79 Å². The fourth-order valence-corrected chi connectivity index (χ4v) is 1.81. The van der Waals surface area contributed by atoms with E-state index in [0.29, 0.717) is 13.1 Å². The molecule has 0 aromatic heterocycles. The molecule has 2 aliphatic rings. The lowest BCUT2D eigenvalue weighted by atomic mass is 10.1. The van der Waals surface area contributed by atoms with Gasteiger partial charge in [0.2, 0.25) is 5.91 Å². The summed E-state index contributed by atoms with van der Waals surface area (Å²) in [6, 6.07) is 1.91. The maximum absolute atomic E-state index is 12.0. The van der Waals surface area contributed by atoms with Crippen LogP contribution in [0.1, 0.15) is 19.8 Å². The summed E-state index contributed by atoms with van der Waals surface area (Å²) >= 11 is 0. The number of amides is 1. The summed E-state index contributed by atoms with van der Waals surface area (Å²) in [4.78, 5) is 13.7. The number of nitriles is 1. The highest BCUT2D eigenvalue weighted by atomic mass is 16.2. The van der Waals surface area contributed by atoms with Gasteiger partial charge in [0, 0.05) is 25.0 Å². The zero-order chi connectivity index (χ0) is 10.2. The number of nitrogens with one attached hydrogen (secondary N) is 1. The van der Waals surface area contributed by atoms with Crippen LogP contribution < -0.4 is 5.32 Å². The minimum atomic E-state index is -0.270. The Hall–Kier alpha value is -1.08. The molecule has 0 aromatic rings. The standard InChI is InChI=1S/C10H15N3O/c1-10(2-3-10)9(14)13-5-4-12-7-8(13)6-11/h8,12H,2-5,7H2,1H3. The molecule has 1 atom stereocenters. The molecule has 1 aliphatic carbocycles. The molecule has 2 fully saturated rings. The summed E-state index contributed by atoms with van der Waals surface area (Å²) in [7, 11) is 0. The first kappa shape index (κ1) is 9.47. The normalized spacial score (nSPS) is 29.4. The molecule has 1 saturated carbocycles. The van der Waals surface area contributed by atoms with E-state index in [0.717, 1.165) is 19.4 Å². The van der Waals surface area contributed by atoms with Crippen LogP contribution >= 0.6 is 0 Å². The Kier molecular flexibility index (Phi) is 2.20. The molecule has 1 saturated heterocycles. The number of hydrogen-bond donors (Lipinski definition) is 1. The van der Waals surface area contributed by atoms with Crippen LogP contribution in [0.25, 0.3) is 0 Å². The molecule has 0 aromatic carbocycles. The molecule has 1 N–H and O–H groups in total. The zero-order valence-corrected chi connectivity index (χ0v) is 8.42. The van der Waals surface area contributed by atoms with Gasteiger partial charge in [0.05, 0.1) is 6.07 Å². The van der Waals surface area contributed by atoms with Crippen molar-refractivity contribution < 1.29 is 4.79 Å². The van der Waals surface area contributed by atoms with E-state index in [9.17, 15) is 4.79 Å². The number of nitrogens with zero attached hydrogens (tertiary/aromatic N) is 2. The predicted molar refractivity (Wildman–Crippen MR) is 51.3 cm³/mol. The highest BCUT2D eigenvalue weighted by Crippen LogP contribution is 2.46. The number of carbonyl (C=O) groups excluding carboxylic acids is 1. The third kappa shape index (κ3) is 1.48. The Morgan fingerprint density at radius 3 is 2.93 bits per heavy atom. The van der Waals surface area contributed by atoms with E-state index in [4.69, 9.17) is 5.26 Å². The van der Waals surface area contributed by atoms with Crippen LogP contribution in [0.15, 0.2) is 0 Å². The van der Waals surface area contributed by atoms with Crippen molar-refractivity contribution in [2.75, 3.05) is 19.6 Å². The first-order valence-corrected chi connectivity index (χ1v) is 5.09. The first-order chi connectivity index (χ1) is 6.67. The van der Waals surface area contributed by atoms with Crippen LogP contribution in [0.4, 0.5) is 0 Å². The lowest BCUT2D eigenvalue weighted by molar-refractivity contribution is -0.138. The van der Waals surface area contributed by atoms with Crippen molar-refractivity contribution in [3.05, 3.63) is 0 Å². The summed E-state index contributed by atoms with van der Waals surface area (Å²) in [6.07, 6.45) is 1.96. The monoisotopic (exact) mass is 193 g/mol. The molecular weight excluding hydrogens is 178 g/mol. The van der Waals surface area contributed by atoms with E-state index in [1.807, 2.05) is 6.92 Å². The van der Waals surface area contributed by atoms with E-state index in [1.165, 1.54) is 0 Å². The van der Waals surface area contributed by atoms with Gasteiger partial charge < -0.3 is 10.2 Å². The largest absolute Gasteiger partial charge is 0.324 e. The van der Waals surface area contributed by atoms with E-state index in [1.54, 1.807) is 4.90 Å². The van der Waals surface area contributed by atoms with E-state index in [-0.39, 0.29) is 17.4 Å². The smallest absolute Gasteiger partial charge is 0.229 e. The number of rotatable bonds is 1. The second-order valence-electron chi connectivity index (χ2n) is 4.41. The maximum atomic E-state index is 12.0. The molecule has 1 aliphatic heterocycles. The molecule has 76 valence electrons. The van der Waals surface area contributed by atoms with Crippen LogP contribution in [-0.2, 0) is 4.79 Å². The molecular formula is C10H15N3O. The second kappa shape index (κ2) is 3.25. The molecule has 4 nitrogen and oxygen atoms in total. The fraction of sp³-hybridized carbons (Fsp3) is 0.800. The molecule has 4 heteroatoms. The summed E-state index contributed by atoms with van der Waals surface area (Å²) in [5.41, 5.74) is -0.146. The average Bonchev–Trinajstić information content (AvgIpc) is 2.97. The van der Waals surface area contributed by atoms with Crippen molar-refractivity contribution in [3.8, 4) is 6.07 Å². The lowest BCUT2D eigenvalue weighted by Crippen LogP contribution is -2.54.